The smallest absolute Gasteiger partial charge is 0.265 e. The van der Waals surface area contributed by atoms with Crippen LogP contribution in [0.1, 0.15) is 19.4 Å². The maximum atomic E-state index is 12.7. The van der Waals surface area contributed by atoms with Crippen LogP contribution in [0.5, 0.6) is 0 Å². The van der Waals surface area contributed by atoms with Crippen molar-refractivity contribution in [3.8, 4) is 0 Å². The van der Waals surface area contributed by atoms with Gasteiger partial charge >= 0.3 is 0 Å². The van der Waals surface area contributed by atoms with E-state index in [9.17, 15) is 8.42 Å². The van der Waals surface area contributed by atoms with E-state index in [1.165, 1.54) is 4.31 Å². The lowest BCUT2D eigenvalue weighted by Gasteiger charge is -2.22. The fraction of sp³-hybridized carbons (Fsp3) is 0.333. The third-order valence-electron chi connectivity index (χ3n) is 3.70. The highest BCUT2D eigenvalue weighted by Crippen LogP contribution is 2.44. The lowest BCUT2D eigenvalue weighted by atomic mass is 10.0. The first-order valence-electron chi connectivity index (χ1n) is 6.68. The Hall–Kier alpha value is -1.59. The molecule has 0 unspecified atom stereocenters. The molecule has 2 aromatic carbocycles. The molecule has 0 radical (unpaired) electrons. The molecule has 5 heteroatoms. The molecule has 1 aliphatic rings. The highest BCUT2D eigenvalue weighted by molar-refractivity contribution is 7.93. The quantitative estimate of drug-likeness (QED) is 0.944. The van der Waals surface area contributed by atoms with Crippen molar-refractivity contribution in [1.82, 2.24) is 0 Å². The highest BCUT2D eigenvalue weighted by atomic mass is 32.2. The fourth-order valence-electron chi connectivity index (χ4n) is 2.94. The highest BCUT2D eigenvalue weighted by Gasteiger charge is 2.37. The van der Waals surface area contributed by atoms with Crippen molar-refractivity contribution >= 4 is 26.5 Å². The molecule has 2 aromatic rings. The molecule has 0 bridgehead atoms. The second kappa shape index (κ2) is 4.46. The maximum Gasteiger partial charge on any atom is 0.265 e. The first-order chi connectivity index (χ1) is 9.48. The molecule has 106 valence electrons. The third-order valence-corrected chi connectivity index (χ3v) is 5.73. The SMILES string of the molecule is CC(C)N1c2cccc3c(CCO)ccc(c23)S1(=O)=O. The molecule has 4 nitrogen and oxygen atoms in total. The summed E-state index contributed by atoms with van der Waals surface area (Å²) in [7, 11) is -3.46. The molecule has 20 heavy (non-hydrogen) atoms. The monoisotopic (exact) mass is 291 g/mol. The van der Waals surface area contributed by atoms with Gasteiger partial charge in [-0.1, -0.05) is 18.2 Å². The molecule has 0 amide bonds. The van der Waals surface area contributed by atoms with E-state index < -0.39 is 10.0 Å². The molecule has 0 saturated carbocycles. The van der Waals surface area contributed by atoms with Gasteiger partial charge in [0.05, 0.1) is 10.6 Å². The van der Waals surface area contributed by atoms with E-state index in [0.717, 1.165) is 22.0 Å². The first kappa shape index (κ1) is 13.4. The summed E-state index contributed by atoms with van der Waals surface area (Å²) >= 11 is 0. The molecular weight excluding hydrogens is 274 g/mol. The number of sulfonamides is 1. The second-order valence-corrected chi connectivity index (χ2v) is 7.07. The van der Waals surface area contributed by atoms with E-state index in [-0.39, 0.29) is 12.6 Å². The normalized spacial score (nSPS) is 16.3. The Morgan fingerprint density at radius 3 is 2.60 bits per heavy atom. The van der Waals surface area contributed by atoms with Crippen LogP contribution < -0.4 is 4.31 Å². The Kier molecular flexibility index (Phi) is 2.99. The Balaban J connectivity index is 2.40. The average Bonchev–Trinajstić information content (AvgIpc) is 2.62. The lowest BCUT2D eigenvalue weighted by Crippen LogP contribution is -2.33. The minimum absolute atomic E-state index is 0.0549. The number of benzene rings is 2. The van der Waals surface area contributed by atoms with Gasteiger partial charge in [-0.05, 0) is 43.4 Å². The van der Waals surface area contributed by atoms with E-state index in [0.29, 0.717) is 11.3 Å². The van der Waals surface area contributed by atoms with Crippen molar-refractivity contribution in [2.75, 3.05) is 10.9 Å². The second-order valence-electron chi connectivity index (χ2n) is 5.29. The first-order valence-corrected chi connectivity index (χ1v) is 8.12. The van der Waals surface area contributed by atoms with Crippen LogP contribution in [0, 0.1) is 0 Å². The van der Waals surface area contributed by atoms with Gasteiger partial charge in [-0.25, -0.2) is 8.42 Å². The van der Waals surface area contributed by atoms with Gasteiger partial charge in [-0.15, -0.1) is 0 Å². The Morgan fingerprint density at radius 1 is 1.20 bits per heavy atom. The van der Waals surface area contributed by atoms with Crippen LogP contribution in [0.3, 0.4) is 0 Å². The van der Waals surface area contributed by atoms with Crippen LogP contribution >= 0.6 is 0 Å². The van der Waals surface area contributed by atoms with Gasteiger partial charge in [0.2, 0.25) is 0 Å². The molecular formula is C15H17NO3S. The van der Waals surface area contributed by atoms with Crippen LogP contribution in [0.2, 0.25) is 0 Å². The molecule has 1 heterocycles. The summed E-state index contributed by atoms with van der Waals surface area (Å²) in [6.07, 6.45) is 0.530. The number of rotatable bonds is 3. The molecule has 0 fully saturated rings. The topological polar surface area (TPSA) is 57.6 Å². The van der Waals surface area contributed by atoms with E-state index >= 15 is 0 Å². The predicted molar refractivity (Wildman–Crippen MR) is 79.5 cm³/mol. The van der Waals surface area contributed by atoms with Crippen molar-refractivity contribution in [2.45, 2.75) is 31.2 Å². The minimum atomic E-state index is -3.46. The van der Waals surface area contributed by atoms with E-state index in [1.54, 1.807) is 12.1 Å². The Bertz CT molecular complexity index is 781. The van der Waals surface area contributed by atoms with Crippen molar-refractivity contribution in [3.05, 3.63) is 35.9 Å². The zero-order valence-corrected chi connectivity index (χ0v) is 12.3. The van der Waals surface area contributed by atoms with Gasteiger partial charge in [-0.3, -0.25) is 4.31 Å². The predicted octanol–water partition coefficient (Wildman–Crippen LogP) is 2.29. The molecule has 0 spiro atoms. The zero-order chi connectivity index (χ0) is 14.5. The van der Waals surface area contributed by atoms with Crippen molar-refractivity contribution in [1.29, 1.82) is 0 Å². The summed E-state index contributed by atoms with van der Waals surface area (Å²) in [6.45, 7) is 3.80. The van der Waals surface area contributed by atoms with Crippen molar-refractivity contribution in [2.24, 2.45) is 0 Å². The summed E-state index contributed by atoms with van der Waals surface area (Å²) in [5.74, 6) is 0. The van der Waals surface area contributed by atoms with E-state index in [2.05, 4.69) is 0 Å². The lowest BCUT2D eigenvalue weighted by molar-refractivity contribution is 0.300. The van der Waals surface area contributed by atoms with Gasteiger partial charge < -0.3 is 5.11 Å². The molecule has 0 aliphatic carbocycles. The van der Waals surface area contributed by atoms with Gasteiger partial charge in [0.1, 0.15) is 0 Å². The van der Waals surface area contributed by atoms with Crippen LogP contribution in [-0.2, 0) is 16.4 Å². The Morgan fingerprint density at radius 2 is 1.95 bits per heavy atom. The molecule has 0 aromatic heterocycles. The Labute approximate surface area is 118 Å². The summed E-state index contributed by atoms with van der Waals surface area (Å²) in [5, 5.41) is 10.8. The average molecular weight is 291 g/mol. The number of aliphatic hydroxyl groups is 1. The zero-order valence-electron chi connectivity index (χ0n) is 11.5. The summed E-state index contributed by atoms with van der Waals surface area (Å²) in [4.78, 5) is 0.374. The van der Waals surface area contributed by atoms with Gasteiger partial charge in [-0.2, -0.15) is 0 Å². The molecule has 3 rings (SSSR count). The molecule has 1 aliphatic heterocycles. The van der Waals surface area contributed by atoms with Crippen molar-refractivity contribution in [3.63, 3.8) is 0 Å². The largest absolute Gasteiger partial charge is 0.396 e. The number of aliphatic hydroxyl groups excluding tert-OH is 1. The third kappa shape index (κ3) is 1.66. The van der Waals surface area contributed by atoms with Gasteiger partial charge in [0, 0.05) is 18.0 Å². The standard InChI is InChI=1S/C15H17NO3S/c1-10(2)16-13-5-3-4-12-11(8-9-17)6-7-14(15(12)13)20(16,18)19/h3-7,10,17H,8-9H2,1-2H3. The molecule has 0 saturated heterocycles. The fourth-order valence-corrected chi connectivity index (χ4v) is 4.83. The van der Waals surface area contributed by atoms with E-state index in [1.807, 2.05) is 32.0 Å². The van der Waals surface area contributed by atoms with Crippen molar-refractivity contribution < 1.29 is 13.5 Å². The van der Waals surface area contributed by atoms with Gasteiger partial charge in [0.15, 0.2) is 0 Å². The number of anilines is 1. The minimum Gasteiger partial charge on any atom is -0.396 e. The number of nitrogens with zero attached hydrogens (tertiary/aromatic N) is 1. The number of hydrogen-bond donors (Lipinski definition) is 1. The molecule has 1 N–H and O–H groups in total. The van der Waals surface area contributed by atoms with Crippen LogP contribution in [0.4, 0.5) is 5.69 Å². The summed E-state index contributed by atoms with van der Waals surface area (Å²) in [5.41, 5.74) is 1.72. The van der Waals surface area contributed by atoms with Crippen LogP contribution in [0.25, 0.3) is 10.8 Å². The summed E-state index contributed by atoms with van der Waals surface area (Å²) in [6, 6.07) is 8.98. The maximum absolute atomic E-state index is 12.7. The summed E-state index contributed by atoms with van der Waals surface area (Å²) < 4.78 is 26.8. The number of hydrogen-bond acceptors (Lipinski definition) is 3. The van der Waals surface area contributed by atoms with Gasteiger partial charge in [0.25, 0.3) is 10.0 Å². The molecule has 0 atom stereocenters. The van der Waals surface area contributed by atoms with Crippen LogP contribution in [0.15, 0.2) is 35.2 Å². The van der Waals surface area contributed by atoms with Crippen LogP contribution in [-0.4, -0.2) is 26.2 Å². The van der Waals surface area contributed by atoms with E-state index in [4.69, 9.17) is 5.11 Å².